The van der Waals surface area contributed by atoms with Gasteiger partial charge in [-0.2, -0.15) is 0 Å². The second kappa shape index (κ2) is 80.1. The number of carbonyl (C=O) groups is 6. The van der Waals surface area contributed by atoms with Gasteiger partial charge in [-0.15, -0.1) is 0 Å². The molecule has 0 aliphatic heterocycles. The van der Waals surface area contributed by atoms with Crippen LogP contribution >= 0.6 is 23.2 Å². The molecule has 29 heteroatoms. The maximum atomic E-state index is 13.8. The second-order valence-corrected chi connectivity index (χ2v) is 34.4. The predicted octanol–water partition coefficient (Wildman–Crippen LogP) is 16.4. The topological polar surface area (TPSA) is 312 Å². The number of ether oxygens (including phenoxy) is 14. The third-order valence-electron chi connectivity index (χ3n) is 22.4. The maximum absolute atomic E-state index is 13.8. The zero-order valence-corrected chi connectivity index (χ0v) is 79.4. The van der Waals surface area contributed by atoms with Crippen LogP contribution in [0.25, 0.3) is 0 Å². The molecule has 1 aliphatic rings. The van der Waals surface area contributed by atoms with Crippen molar-refractivity contribution in [3.63, 3.8) is 0 Å². The van der Waals surface area contributed by atoms with Gasteiger partial charge >= 0.3 is 5.97 Å². The monoisotopic (exact) mass is 1810 g/mol. The van der Waals surface area contributed by atoms with E-state index in [1.165, 1.54) is 167 Å². The minimum absolute atomic E-state index is 0.0342. The highest BCUT2D eigenvalue weighted by molar-refractivity contribution is 6.40. The second-order valence-electron chi connectivity index (χ2n) is 33.6. The van der Waals surface area contributed by atoms with Crippen LogP contribution in [-0.2, 0) is 90.3 Å². The lowest BCUT2D eigenvalue weighted by Crippen LogP contribution is -2.50. The normalized spacial score (nSPS) is 13.4. The Kier molecular flexibility index (Phi) is 73.3. The Balaban J connectivity index is 1.03. The average Bonchev–Trinajstić information content (AvgIpc) is 1.79. The SMILES string of the molecule is CCCCCCCCCCCCCCCCOCC(C[N+](C)(C)CCCNC(=O)CCC(=O)NCCOCCOCCOCCOCCOCCOCCOCCOCCOCCOCCOCCOCCC(=O)NCCC1(C(=O)N[C@H](C(=O)O)C(C)c2ccc(NC(=O)c3c(Cl)cccc3Cl)cc2)CCCC1)OCCCCCCCCCCCCCCCC. The minimum atomic E-state index is -1.22. The Morgan fingerprint density at radius 1 is 0.408 bits per heavy atom. The van der Waals surface area contributed by atoms with Gasteiger partial charge < -0.3 is 102 Å². The van der Waals surface area contributed by atoms with E-state index in [4.69, 9.17) is 89.5 Å². The highest BCUT2D eigenvalue weighted by Crippen LogP contribution is 2.42. The Bertz CT molecular complexity index is 2920. The summed E-state index contributed by atoms with van der Waals surface area (Å²) in [5.74, 6) is -3.12. The molecule has 2 aromatic carbocycles. The average molecular weight is 1810 g/mol. The summed E-state index contributed by atoms with van der Waals surface area (Å²) < 4.78 is 80.5. The van der Waals surface area contributed by atoms with E-state index < -0.39 is 29.3 Å². The summed E-state index contributed by atoms with van der Waals surface area (Å²) in [5, 5.41) is 25.0. The standard InChI is InChI=1S/C96H168Cl2N6O21/c1-6-8-10-12-14-16-18-20-22-24-26-28-30-34-54-124-81-85(125-55-35-31-29-27-25-23-21-19-17-15-13-11-9-7-2)80-104(4,5)53-37-50-99-88(105)44-45-89(106)101-52-57-113-59-61-115-63-65-117-67-69-119-71-73-121-75-77-123-79-78-122-76-74-120-72-70-118-68-66-116-64-62-114-60-58-112-56-46-90(107)100-51-49-96(47-32-33-48-96)95(111)103-92(94(109)110)82(3)83-40-42-84(43-41-83)102-93(108)91-86(97)38-36-39-87(91)98/h36,38-43,82,85,92H,6-35,37,44-81H2,1-5H3,(H5-,99,100,101,102,103,105,106,107,108,109,110,111)/p+1/t82?,85?,92-/m0/s1. The van der Waals surface area contributed by atoms with Crippen molar-refractivity contribution in [3.05, 3.63) is 63.6 Å². The number of amides is 5. The molecule has 0 heterocycles. The largest absolute Gasteiger partial charge is 0.480 e. The van der Waals surface area contributed by atoms with Crippen molar-refractivity contribution in [2.75, 3.05) is 231 Å². The van der Waals surface area contributed by atoms with E-state index in [9.17, 15) is 33.9 Å². The number of carboxylic acids is 1. The number of likely N-dealkylation sites (N-methyl/N-ethyl adjacent to an activating group) is 1. The number of carbonyl (C=O) groups excluding carboxylic acids is 5. The predicted molar refractivity (Wildman–Crippen MR) is 495 cm³/mol. The first kappa shape index (κ1) is 114. The molecule has 5 amide bonds. The van der Waals surface area contributed by atoms with Crippen molar-refractivity contribution >= 4 is 64.4 Å². The fraction of sp³-hybridized carbons (Fsp3) is 0.812. The highest BCUT2D eigenvalue weighted by Gasteiger charge is 2.43. The smallest absolute Gasteiger partial charge is 0.326 e. The third-order valence-corrected chi connectivity index (χ3v) is 23.0. The molecular weight excluding hydrogens is 1640 g/mol. The van der Waals surface area contributed by atoms with Crippen molar-refractivity contribution in [1.82, 2.24) is 21.3 Å². The zero-order chi connectivity index (χ0) is 90.3. The van der Waals surface area contributed by atoms with E-state index in [-0.39, 0.29) is 77.8 Å². The molecule has 1 aliphatic carbocycles. The van der Waals surface area contributed by atoms with Crippen LogP contribution in [0.4, 0.5) is 5.69 Å². The number of anilines is 1. The summed E-state index contributed by atoms with van der Waals surface area (Å²) in [6.07, 6.45) is 42.1. The molecule has 3 rings (SSSR count). The number of quaternary nitrogens is 1. The molecule has 27 nitrogen and oxygen atoms in total. The number of benzene rings is 2. The van der Waals surface area contributed by atoms with Crippen molar-refractivity contribution in [3.8, 4) is 0 Å². The summed E-state index contributed by atoms with van der Waals surface area (Å²) in [6.45, 7) is 21.2. The Labute approximate surface area is 762 Å². The zero-order valence-electron chi connectivity index (χ0n) is 77.9. The van der Waals surface area contributed by atoms with Gasteiger partial charge in [0, 0.05) is 70.1 Å². The Morgan fingerprint density at radius 2 is 0.760 bits per heavy atom. The summed E-state index contributed by atoms with van der Waals surface area (Å²) in [4.78, 5) is 77.1. The van der Waals surface area contributed by atoms with Gasteiger partial charge in [0.05, 0.1) is 207 Å². The Hall–Kier alpha value is -4.76. The number of rotatable bonds is 91. The summed E-state index contributed by atoms with van der Waals surface area (Å²) in [7, 11) is 4.48. The van der Waals surface area contributed by atoms with Gasteiger partial charge in [0.25, 0.3) is 5.91 Å². The molecule has 1 fully saturated rings. The van der Waals surface area contributed by atoms with Crippen molar-refractivity contribution in [2.45, 2.75) is 276 Å². The lowest BCUT2D eigenvalue weighted by Gasteiger charge is -2.33. The molecule has 722 valence electrons. The van der Waals surface area contributed by atoms with E-state index >= 15 is 0 Å². The molecule has 3 atom stereocenters. The van der Waals surface area contributed by atoms with Crippen molar-refractivity contribution in [1.29, 1.82) is 0 Å². The first-order valence-corrected chi connectivity index (χ1v) is 48.9. The molecule has 0 aromatic heterocycles. The van der Waals surface area contributed by atoms with E-state index in [1.54, 1.807) is 49.4 Å². The number of hydrogen-bond donors (Lipinski definition) is 6. The number of halogens is 2. The van der Waals surface area contributed by atoms with Gasteiger partial charge in [-0.3, -0.25) is 24.0 Å². The first-order valence-electron chi connectivity index (χ1n) is 48.1. The van der Waals surface area contributed by atoms with Gasteiger partial charge in [-0.05, 0) is 61.9 Å². The molecule has 0 bridgehead atoms. The number of nitrogens with zero attached hydrogens (tertiary/aromatic N) is 1. The van der Waals surface area contributed by atoms with E-state index in [0.717, 1.165) is 62.9 Å². The maximum Gasteiger partial charge on any atom is 0.326 e. The van der Waals surface area contributed by atoms with Crippen molar-refractivity contribution in [2.24, 2.45) is 5.41 Å². The van der Waals surface area contributed by atoms with E-state index in [2.05, 4.69) is 54.5 Å². The highest BCUT2D eigenvalue weighted by atomic mass is 35.5. The number of aliphatic carboxylic acids is 1. The molecule has 2 unspecified atom stereocenters. The first-order chi connectivity index (χ1) is 61.0. The van der Waals surface area contributed by atoms with Crippen LogP contribution in [-0.4, -0.2) is 282 Å². The number of carboxylic acid groups (broad SMARTS) is 1. The van der Waals surface area contributed by atoms with Crippen LogP contribution < -0.4 is 26.6 Å². The van der Waals surface area contributed by atoms with E-state index in [0.29, 0.717) is 202 Å². The lowest BCUT2D eigenvalue weighted by molar-refractivity contribution is -0.893. The van der Waals surface area contributed by atoms with Gasteiger partial charge in [0.2, 0.25) is 23.6 Å². The molecule has 0 saturated heterocycles. The Morgan fingerprint density at radius 3 is 1.16 bits per heavy atom. The number of nitrogens with one attached hydrogen (secondary N) is 5. The van der Waals surface area contributed by atoms with Gasteiger partial charge in [0.15, 0.2) is 0 Å². The van der Waals surface area contributed by atoms with Crippen LogP contribution in [0, 0.1) is 5.41 Å². The molecular formula is C96H169Cl2N6O21+. The van der Waals surface area contributed by atoms with Gasteiger partial charge in [0.1, 0.15) is 18.7 Å². The van der Waals surface area contributed by atoms with Crippen LogP contribution in [0.15, 0.2) is 42.5 Å². The third kappa shape index (κ3) is 63.8. The molecule has 125 heavy (non-hydrogen) atoms. The summed E-state index contributed by atoms with van der Waals surface area (Å²) in [5.41, 5.74) is 0.441. The molecule has 2 aromatic rings. The summed E-state index contributed by atoms with van der Waals surface area (Å²) in [6, 6.07) is 10.3. The lowest BCUT2D eigenvalue weighted by atomic mass is 9.80. The van der Waals surface area contributed by atoms with E-state index in [1.807, 2.05) is 0 Å². The summed E-state index contributed by atoms with van der Waals surface area (Å²) >= 11 is 12.4. The van der Waals surface area contributed by atoms with Gasteiger partial charge in [-0.1, -0.05) is 242 Å². The molecule has 0 spiro atoms. The number of unbranched alkanes of at least 4 members (excludes halogenated alkanes) is 26. The van der Waals surface area contributed by atoms with Crippen LogP contribution in [0.3, 0.4) is 0 Å². The fourth-order valence-corrected chi connectivity index (χ4v) is 15.5. The molecule has 1 saturated carbocycles. The number of hydrogen-bond acceptors (Lipinski definition) is 20. The van der Waals surface area contributed by atoms with Crippen LogP contribution in [0.1, 0.15) is 280 Å². The quantitative estimate of drug-likeness (QED) is 0.0265. The van der Waals surface area contributed by atoms with Crippen LogP contribution in [0.2, 0.25) is 10.0 Å². The fourth-order valence-electron chi connectivity index (χ4n) is 14.9. The minimum Gasteiger partial charge on any atom is -0.480 e. The molecule has 0 radical (unpaired) electrons. The van der Waals surface area contributed by atoms with Gasteiger partial charge in [-0.25, -0.2) is 4.79 Å². The van der Waals surface area contributed by atoms with Crippen LogP contribution in [0.5, 0.6) is 0 Å². The molecule has 6 N–H and O–H groups in total. The van der Waals surface area contributed by atoms with Crippen molar-refractivity contribution < 1.29 is 105 Å².